The first kappa shape index (κ1) is 15.5. The molecule has 0 aliphatic rings. The highest BCUT2D eigenvalue weighted by molar-refractivity contribution is 6.04. The summed E-state index contributed by atoms with van der Waals surface area (Å²) < 4.78 is 1.46. The number of fused-ring (bicyclic) bond motifs is 1. The highest BCUT2D eigenvalue weighted by Gasteiger charge is 2.17. The molecule has 0 unspecified atom stereocenters. The van der Waals surface area contributed by atoms with E-state index < -0.39 is 12.0 Å². The van der Waals surface area contributed by atoms with Crippen molar-refractivity contribution in [3.05, 3.63) is 41.7 Å². The fraction of sp³-hybridized carbons (Fsp3) is 0.125. The molecule has 0 saturated carbocycles. The van der Waals surface area contributed by atoms with E-state index in [1.54, 1.807) is 31.2 Å². The fourth-order valence-electron chi connectivity index (χ4n) is 2.22. The normalized spacial score (nSPS) is 11.8. The zero-order chi connectivity index (χ0) is 17.3. The number of nitrogens with zero attached hydrogens (tertiary/aromatic N) is 4. The molecule has 8 heteroatoms. The van der Waals surface area contributed by atoms with Crippen molar-refractivity contribution in [3.63, 3.8) is 0 Å². The minimum absolute atomic E-state index is 0.0850. The van der Waals surface area contributed by atoms with Crippen LogP contribution in [0.15, 0.2) is 30.5 Å². The maximum absolute atomic E-state index is 11.7. The van der Waals surface area contributed by atoms with Crippen molar-refractivity contribution in [2.45, 2.75) is 13.0 Å². The molecule has 0 spiro atoms. The van der Waals surface area contributed by atoms with Crippen molar-refractivity contribution < 1.29 is 9.90 Å². The Labute approximate surface area is 137 Å². The molecule has 0 saturated heterocycles. The standard InChI is InChI=1S/C16H14N6O2/c1-9(23)2-3-10-4-5-11-12(8-10)22(21-14(11)15(17)24)13-6-7-19-16(18)20-13/h4-9,23H,1H3,(H2,17,24)(H2,18,19,20)/t9-/m1/s1. The molecule has 0 aliphatic carbocycles. The van der Waals surface area contributed by atoms with Crippen LogP contribution in [0.4, 0.5) is 5.95 Å². The van der Waals surface area contributed by atoms with Crippen LogP contribution in [0.2, 0.25) is 0 Å². The second kappa shape index (κ2) is 5.98. The molecule has 0 aliphatic heterocycles. The van der Waals surface area contributed by atoms with E-state index >= 15 is 0 Å². The third-order valence-corrected chi connectivity index (χ3v) is 3.22. The SMILES string of the molecule is C[C@@H](O)C#Cc1ccc2c(C(N)=O)nn(-c3ccnc(N)n3)c2c1. The summed E-state index contributed by atoms with van der Waals surface area (Å²) in [5, 5.41) is 14.1. The number of hydrogen-bond donors (Lipinski definition) is 3. The predicted octanol–water partition coefficient (Wildman–Crippen LogP) is 0.229. The van der Waals surface area contributed by atoms with Crippen LogP contribution in [0, 0.1) is 11.8 Å². The second-order valence-electron chi connectivity index (χ2n) is 5.07. The first-order valence-corrected chi connectivity index (χ1v) is 7.07. The summed E-state index contributed by atoms with van der Waals surface area (Å²) in [6, 6.07) is 6.78. The number of rotatable bonds is 2. The average Bonchev–Trinajstić information content (AvgIpc) is 2.92. The predicted molar refractivity (Wildman–Crippen MR) is 88.1 cm³/mol. The van der Waals surface area contributed by atoms with Gasteiger partial charge in [-0.2, -0.15) is 10.1 Å². The minimum Gasteiger partial charge on any atom is -0.381 e. The van der Waals surface area contributed by atoms with Crippen LogP contribution < -0.4 is 11.5 Å². The number of aliphatic hydroxyl groups excluding tert-OH is 1. The Morgan fingerprint density at radius 3 is 2.83 bits per heavy atom. The van der Waals surface area contributed by atoms with E-state index in [9.17, 15) is 9.90 Å². The van der Waals surface area contributed by atoms with Gasteiger partial charge in [0.25, 0.3) is 5.91 Å². The monoisotopic (exact) mass is 322 g/mol. The zero-order valence-corrected chi connectivity index (χ0v) is 12.8. The smallest absolute Gasteiger partial charge is 0.269 e. The van der Waals surface area contributed by atoms with Crippen molar-refractivity contribution in [1.29, 1.82) is 0 Å². The molecule has 2 aromatic heterocycles. The number of carbonyl (C=O) groups excluding carboxylic acids is 1. The van der Waals surface area contributed by atoms with E-state index in [1.807, 2.05) is 0 Å². The lowest BCUT2D eigenvalue weighted by molar-refractivity contribution is 0.0996. The molecule has 8 nitrogen and oxygen atoms in total. The van der Waals surface area contributed by atoms with Crippen LogP contribution >= 0.6 is 0 Å². The number of nitrogens with two attached hydrogens (primary N) is 2. The minimum atomic E-state index is -0.742. The molecule has 3 aromatic rings. The Kier molecular flexibility index (Phi) is 3.85. The number of carbonyl (C=O) groups is 1. The van der Waals surface area contributed by atoms with Crippen molar-refractivity contribution in [2.24, 2.45) is 5.73 Å². The van der Waals surface area contributed by atoms with Gasteiger partial charge in [-0.05, 0) is 25.1 Å². The number of benzene rings is 1. The van der Waals surface area contributed by atoms with Gasteiger partial charge in [0.2, 0.25) is 5.95 Å². The van der Waals surface area contributed by atoms with Crippen molar-refractivity contribution in [3.8, 4) is 17.7 Å². The molecule has 2 heterocycles. The highest BCUT2D eigenvalue weighted by Crippen LogP contribution is 2.22. The number of primary amides is 1. The van der Waals surface area contributed by atoms with Crippen LogP contribution in [-0.4, -0.2) is 36.9 Å². The Hall–Kier alpha value is -3.44. The number of nitrogen functional groups attached to an aromatic ring is 1. The second-order valence-corrected chi connectivity index (χ2v) is 5.07. The van der Waals surface area contributed by atoms with E-state index in [0.29, 0.717) is 22.3 Å². The number of anilines is 1. The van der Waals surface area contributed by atoms with E-state index in [2.05, 4.69) is 26.9 Å². The van der Waals surface area contributed by atoms with Crippen molar-refractivity contribution >= 4 is 22.8 Å². The molecule has 1 aromatic carbocycles. The molecule has 0 fully saturated rings. The fourth-order valence-corrected chi connectivity index (χ4v) is 2.22. The molecule has 3 rings (SSSR count). The Balaban J connectivity index is 2.26. The van der Waals surface area contributed by atoms with Gasteiger partial charge in [0.1, 0.15) is 6.10 Å². The molecule has 120 valence electrons. The molecule has 1 atom stereocenters. The van der Waals surface area contributed by atoms with Gasteiger partial charge in [0, 0.05) is 23.2 Å². The van der Waals surface area contributed by atoms with Gasteiger partial charge in [-0.25, -0.2) is 9.67 Å². The van der Waals surface area contributed by atoms with Crippen molar-refractivity contribution in [1.82, 2.24) is 19.7 Å². The molecular weight excluding hydrogens is 308 g/mol. The van der Waals surface area contributed by atoms with Crippen LogP contribution in [0.5, 0.6) is 0 Å². The van der Waals surface area contributed by atoms with Crippen LogP contribution in [0.25, 0.3) is 16.7 Å². The number of aromatic nitrogens is 4. The van der Waals surface area contributed by atoms with Crippen LogP contribution in [0.3, 0.4) is 0 Å². The van der Waals surface area contributed by atoms with Gasteiger partial charge in [0.05, 0.1) is 5.52 Å². The molecule has 0 bridgehead atoms. The van der Waals surface area contributed by atoms with Gasteiger partial charge in [-0.15, -0.1) is 0 Å². The van der Waals surface area contributed by atoms with E-state index in [1.165, 1.54) is 10.9 Å². The largest absolute Gasteiger partial charge is 0.381 e. The van der Waals surface area contributed by atoms with Gasteiger partial charge >= 0.3 is 0 Å². The van der Waals surface area contributed by atoms with Gasteiger partial charge < -0.3 is 16.6 Å². The summed E-state index contributed by atoms with van der Waals surface area (Å²) in [5.74, 6) is 5.35. The summed E-state index contributed by atoms with van der Waals surface area (Å²) in [6.07, 6.45) is 0.750. The maximum Gasteiger partial charge on any atom is 0.269 e. The zero-order valence-electron chi connectivity index (χ0n) is 12.8. The first-order valence-electron chi connectivity index (χ1n) is 7.07. The molecule has 24 heavy (non-hydrogen) atoms. The number of amides is 1. The van der Waals surface area contributed by atoms with Crippen LogP contribution in [-0.2, 0) is 0 Å². The Morgan fingerprint density at radius 2 is 2.17 bits per heavy atom. The van der Waals surface area contributed by atoms with E-state index in [0.717, 1.165) is 0 Å². The average molecular weight is 322 g/mol. The summed E-state index contributed by atoms with van der Waals surface area (Å²) in [6.45, 7) is 1.57. The lowest BCUT2D eigenvalue weighted by Crippen LogP contribution is -2.13. The maximum atomic E-state index is 11.7. The molecule has 0 radical (unpaired) electrons. The van der Waals surface area contributed by atoms with E-state index in [-0.39, 0.29) is 11.6 Å². The van der Waals surface area contributed by atoms with Gasteiger partial charge in [0.15, 0.2) is 11.5 Å². The lowest BCUT2D eigenvalue weighted by Gasteiger charge is -2.03. The third-order valence-electron chi connectivity index (χ3n) is 3.22. The summed E-state index contributed by atoms with van der Waals surface area (Å²) in [7, 11) is 0. The molecule has 5 N–H and O–H groups in total. The highest BCUT2D eigenvalue weighted by atomic mass is 16.3. The molecule has 1 amide bonds. The summed E-state index contributed by atoms with van der Waals surface area (Å²) in [5.41, 5.74) is 12.4. The number of hydrogen-bond acceptors (Lipinski definition) is 6. The lowest BCUT2D eigenvalue weighted by atomic mass is 10.1. The van der Waals surface area contributed by atoms with Gasteiger partial charge in [-0.3, -0.25) is 4.79 Å². The van der Waals surface area contributed by atoms with Crippen LogP contribution in [0.1, 0.15) is 23.0 Å². The number of aliphatic hydroxyl groups is 1. The quantitative estimate of drug-likeness (QED) is 0.578. The topological polar surface area (TPSA) is 133 Å². The van der Waals surface area contributed by atoms with E-state index in [4.69, 9.17) is 11.5 Å². The molecular formula is C16H14N6O2. The Morgan fingerprint density at radius 1 is 1.38 bits per heavy atom. The Bertz CT molecular complexity index is 997. The van der Waals surface area contributed by atoms with Crippen molar-refractivity contribution in [2.75, 3.05) is 5.73 Å². The first-order chi connectivity index (χ1) is 11.5. The van der Waals surface area contributed by atoms with Gasteiger partial charge in [-0.1, -0.05) is 11.8 Å². The third kappa shape index (κ3) is 2.88. The summed E-state index contributed by atoms with van der Waals surface area (Å²) >= 11 is 0. The summed E-state index contributed by atoms with van der Waals surface area (Å²) in [4.78, 5) is 19.6.